The molecule has 1 aromatic rings. The Morgan fingerprint density at radius 2 is 2.38 bits per heavy atom. The first-order valence-electron chi connectivity index (χ1n) is 6.64. The Hall–Kier alpha value is -2.45. The zero-order chi connectivity index (χ0) is 15.5. The maximum atomic E-state index is 11.8. The molecule has 1 heterocycles. The summed E-state index contributed by atoms with van der Waals surface area (Å²) in [6.07, 6.45) is 10.5. The number of allylic oxidation sites excluding steroid dienone is 3. The van der Waals surface area contributed by atoms with Crippen molar-refractivity contribution in [2.75, 3.05) is 0 Å². The Kier molecular flexibility index (Phi) is 4.20. The highest BCUT2D eigenvalue weighted by Crippen LogP contribution is 2.36. The largest absolute Gasteiger partial charge is 0.618 e. The number of hydrogen-bond donors (Lipinski definition) is 1. The average Bonchev–Trinajstić information content (AvgIpc) is 2.44. The van der Waals surface area contributed by atoms with Gasteiger partial charge in [0.05, 0.1) is 31.0 Å². The molecule has 0 saturated carbocycles. The van der Waals surface area contributed by atoms with Crippen LogP contribution in [0.3, 0.4) is 0 Å². The molecule has 1 aromatic heterocycles. The minimum atomic E-state index is -0.812. The second-order valence-electron chi connectivity index (χ2n) is 5.42. The van der Waals surface area contributed by atoms with E-state index in [-0.39, 0.29) is 6.42 Å². The van der Waals surface area contributed by atoms with Crippen molar-refractivity contribution in [3.8, 4) is 6.07 Å². The third kappa shape index (κ3) is 3.18. The molecule has 0 bridgehead atoms. The minimum Gasteiger partial charge on any atom is -0.618 e. The van der Waals surface area contributed by atoms with Crippen LogP contribution in [0.4, 0.5) is 0 Å². The highest BCUT2D eigenvalue weighted by Gasteiger charge is 2.37. The van der Waals surface area contributed by atoms with Crippen LogP contribution in [0.2, 0.25) is 0 Å². The monoisotopic (exact) mass is 283 g/mol. The average molecular weight is 283 g/mol. The normalized spacial score (nSPS) is 24.1. The van der Waals surface area contributed by atoms with E-state index < -0.39 is 11.5 Å². The summed E-state index contributed by atoms with van der Waals surface area (Å²) in [6, 6.07) is 2.09. The Labute approximate surface area is 123 Å². The van der Waals surface area contributed by atoms with E-state index in [4.69, 9.17) is 5.26 Å². The molecule has 2 unspecified atom stereocenters. The molecule has 0 spiro atoms. The van der Waals surface area contributed by atoms with E-state index in [9.17, 15) is 10.3 Å². The Morgan fingerprint density at radius 3 is 3.00 bits per heavy atom. The molecule has 5 nitrogen and oxygen atoms in total. The Morgan fingerprint density at radius 1 is 1.62 bits per heavy atom. The second-order valence-corrected chi connectivity index (χ2v) is 5.42. The third-order valence-electron chi connectivity index (χ3n) is 3.40. The SMILES string of the molecule is CC(C)=CC1(Cc2cncc[n+]2[O-])C=C(C#N)C=CC1O. The lowest BCUT2D eigenvalue weighted by molar-refractivity contribution is -0.615. The number of hydrogen-bond acceptors (Lipinski definition) is 4. The van der Waals surface area contributed by atoms with E-state index in [2.05, 4.69) is 11.1 Å². The van der Waals surface area contributed by atoms with E-state index in [0.717, 1.165) is 10.3 Å². The van der Waals surface area contributed by atoms with Crippen LogP contribution < -0.4 is 4.73 Å². The lowest BCUT2D eigenvalue weighted by Crippen LogP contribution is -2.40. The third-order valence-corrected chi connectivity index (χ3v) is 3.40. The molecule has 0 amide bonds. The first-order valence-corrected chi connectivity index (χ1v) is 6.64. The van der Waals surface area contributed by atoms with Gasteiger partial charge in [-0.1, -0.05) is 23.8 Å². The molecular formula is C16H17N3O2. The van der Waals surface area contributed by atoms with Gasteiger partial charge in [0.1, 0.15) is 0 Å². The molecule has 108 valence electrons. The highest BCUT2D eigenvalue weighted by molar-refractivity contribution is 5.42. The van der Waals surface area contributed by atoms with Gasteiger partial charge < -0.3 is 10.3 Å². The van der Waals surface area contributed by atoms with Gasteiger partial charge in [0.2, 0.25) is 5.69 Å². The summed E-state index contributed by atoms with van der Waals surface area (Å²) >= 11 is 0. The zero-order valence-corrected chi connectivity index (χ0v) is 12.0. The number of rotatable bonds is 3. The lowest BCUT2D eigenvalue weighted by atomic mass is 9.73. The zero-order valence-electron chi connectivity index (χ0n) is 12.0. The van der Waals surface area contributed by atoms with Crippen LogP contribution in [-0.2, 0) is 6.42 Å². The fourth-order valence-electron chi connectivity index (χ4n) is 2.56. The van der Waals surface area contributed by atoms with Gasteiger partial charge in [-0.3, -0.25) is 4.98 Å². The summed E-state index contributed by atoms with van der Waals surface area (Å²) in [4.78, 5) is 3.96. The summed E-state index contributed by atoms with van der Waals surface area (Å²) in [7, 11) is 0. The van der Waals surface area contributed by atoms with Crippen molar-refractivity contribution >= 4 is 0 Å². The lowest BCUT2D eigenvalue weighted by Gasteiger charge is -2.33. The van der Waals surface area contributed by atoms with Crippen LogP contribution in [0.15, 0.2) is 54.0 Å². The summed E-state index contributed by atoms with van der Waals surface area (Å²) in [5.41, 5.74) is 1.10. The number of nitrogens with zero attached hydrogens (tertiary/aromatic N) is 3. The van der Waals surface area contributed by atoms with Gasteiger partial charge in [-0.2, -0.15) is 9.99 Å². The molecule has 1 aliphatic rings. The van der Waals surface area contributed by atoms with Crippen molar-refractivity contribution in [2.24, 2.45) is 5.41 Å². The number of aromatic nitrogens is 2. The molecule has 0 fully saturated rings. The molecule has 21 heavy (non-hydrogen) atoms. The topological polar surface area (TPSA) is 83.8 Å². The van der Waals surface area contributed by atoms with Crippen LogP contribution in [-0.4, -0.2) is 16.2 Å². The van der Waals surface area contributed by atoms with Gasteiger partial charge in [-0.05, 0) is 19.9 Å². The van der Waals surface area contributed by atoms with Crippen molar-refractivity contribution in [1.82, 2.24) is 4.98 Å². The molecule has 2 atom stereocenters. The molecule has 1 aliphatic carbocycles. The molecule has 1 N–H and O–H groups in total. The van der Waals surface area contributed by atoms with Gasteiger partial charge in [0, 0.05) is 11.0 Å². The van der Waals surface area contributed by atoms with Crippen LogP contribution in [0.25, 0.3) is 0 Å². The van der Waals surface area contributed by atoms with E-state index in [1.807, 2.05) is 19.9 Å². The second kappa shape index (κ2) is 5.90. The fraction of sp³-hybridized carbons (Fsp3) is 0.312. The van der Waals surface area contributed by atoms with Crippen molar-refractivity contribution < 1.29 is 9.84 Å². The van der Waals surface area contributed by atoms with Gasteiger partial charge in [0.25, 0.3) is 0 Å². The van der Waals surface area contributed by atoms with Gasteiger partial charge in [-0.15, -0.1) is 0 Å². The summed E-state index contributed by atoms with van der Waals surface area (Å²) < 4.78 is 0.735. The molecular weight excluding hydrogens is 266 g/mol. The molecule has 0 radical (unpaired) electrons. The van der Waals surface area contributed by atoms with Crippen molar-refractivity contribution in [3.63, 3.8) is 0 Å². The van der Waals surface area contributed by atoms with Crippen molar-refractivity contribution in [2.45, 2.75) is 26.4 Å². The van der Waals surface area contributed by atoms with Crippen LogP contribution >= 0.6 is 0 Å². The molecule has 5 heteroatoms. The highest BCUT2D eigenvalue weighted by atomic mass is 16.5. The summed E-state index contributed by atoms with van der Waals surface area (Å²) in [5, 5.41) is 31.4. The van der Waals surface area contributed by atoms with Crippen molar-refractivity contribution in [3.05, 3.63) is 64.9 Å². The van der Waals surface area contributed by atoms with Gasteiger partial charge >= 0.3 is 0 Å². The standard InChI is InChI=1S/C16H17N3O2/c1-12(2)7-16(8-13(10-17)3-4-15(16)20)9-14-11-18-5-6-19(14)21/h3-8,11,15,20H,9H2,1-2H3. The molecule has 2 rings (SSSR count). The van der Waals surface area contributed by atoms with Crippen LogP contribution in [0, 0.1) is 22.0 Å². The number of nitriles is 1. The Bertz CT molecular complexity index is 666. The van der Waals surface area contributed by atoms with Gasteiger partial charge in [0.15, 0.2) is 6.20 Å². The smallest absolute Gasteiger partial charge is 0.212 e. The van der Waals surface area contributed by atoms with E-state index in [0.29, 0.717) is 11.3 Å². The minimum absolute atomic E-state index is 0.270. The summed E-state index contributed by atoms with van der Waals surface area (Å²) in [6.45, 7) is 3.84. The first kappa shape index (κ1) is 14.9. The Balaban J connectivity index is 2.51. The fourth-order valence-corrected chi connectivity index (χ4v) is 2.56. The van der Waals surface area contributed by atoms with Gasteiger partial charge in [-0.25, -0.2) is 0 Å². The molecule has 0 saturated heterocycles. The van der Waals surface area contributed by atoms with E-state index in [1.165, 1.54) is 18.6 Å². The van der Waals surface area contributed by atoms with Crippen LogP contribution in [0.1, 0.15) is 19.5 Å². The predicted octanol–water partition coefficient (Wildman–Crippen LogP) is 1.59. The predicted molar refractivity (Wildman–Crippen MR) is 77.6 cm³/mol. The van der Waals surface area contributed by atoms with E-state index in [1.54, 1.807) is 18.2 Å². The number of aliphatic hydroxyl groups is 1. The molecule has 0 aliphatic heterocycles. The van der Waals surface area contributed by atoms with Crippen molar-refractivity contribution in [1.29, 1.82) is 5.26 Å². The summed E-state index contributed by atoms with van der Waals surface area (Å²) in [5.74, 6) is 0. The quantitative estimate of drug-likeness (QED) is 0.518. The molecule has 0 aromatic carbocycles. The maximum absolute atomic E-state index is 11.8. The first-order chi connectivity index (χ1) is 9.97. The maximum Gasteiger partial charge on any atom is 0.212 e. The van der Waals surface area contributed by atoms with E-state index >= 15 is 0 Å². The van der Waals surface area contributed by atoms with Crippen LogP contribution in [0.5, 0.6) is 0 Å². The number of aliphatic hydroxyl groups excluding tert-OH is 1.